The van der Waals surface area contributed by atoms with Crippen LogP contribution in [0.2, 0.25) is 0 Å². The minimum Gasteiger partial charge on any atom is -0.495 e. The number of benzene rings is 1. The van der Waals surface area contributed by atoms with Crippen LogP contribution in [0.5, 0.6) is 5.75 Å². The fourth-order valence-electron chi connectivity index (χ4n) is 2.70. The van der Waals surface area contributed by atoms with Crippen LogP contribution in [0.25, 0.3) is 5.82 Å². The van der Waals surface area contributed by atoms with Crippen molar-refractivity contribution >= 4 is 21.6 Å². The number of carbonyl (C=O) groups excluding carboxylic acids is 1. The van der Waals surface area contributed by atoms with Crippen LogP contribution in [0.15, 0.2) is 60.1 Å². The SMILES string of the molecule is COc1ccc(C(=O)Nc2ccc(-n3ccnc3)nc2)cc1S(=O)(=O)NC(C)(C)C. The third kappa shape index (κ3) is 5.02. The van der Waals surface area contributed by atoms with E-state index in [0.717, 1.165) is 0 Å². The molecule has 9 nitrogen and oxygen atoms in total. The lowest BCUT2D eigenvalue weighted by molar-refractivity contribution is 0.102. The zero-order valence-electron chi connectivity index (χ0n) is 17.1. The first-order chi connectivity index (χ1) is 14.1. The van der Waals surface area contributed by atoms with Gasteiger partial charge in [-0.1, -0.05) is 0 Å². The van der Waals surface area contributed by atoms with E-state index in [1.807, 2.05) is 0 Å². The number of rotatable bonds is 6. The molecule has 10 heteroatoms. The van der Waals surface area contributed by atoms with Crippen LogP contribution in [0, 0.1) is 0 Å². The van der Waals surface area contributed by atoms with E-state index in [4.69, 9.17) is 4.74 Å². The summed E-state index contributed by atoms with van der Waals surface area (Å²) < 4.78 is 35.0. The first kappa shape index (κ1) is 21.5. The van der Waals surface area contributed by atoms with Gasteiger partial charge in [-0.15, -0.1) is 0 Å². The number of nitrogens with one attached hydrogen (secondary N) is 2. The van der Waals surface area contributed by atoms with Crippen molar-refractivity contribution in [3.8, 4) is 11.6 Å². The first-order valence-electron chi connectivity index (χ1n) is 9.07. The molecule has 1 aromatic carbocycles. The van der Waals surface area contributed by atoms with Gasteiger partial charge in [0, 0.05) is 23.5 Å². The number of ether oxygens (including phenoxy) is 1. The Balaban J connectivity index is 1.84. The largest absolute Gasteiger partial charge is 0.495 e. The van der Waals surface area contributed by atoms with Crippen LogP contribution in [-0.2, 0) is 10.0 Å². The van der Waals surface area contributed by atoms with Crippen molar-refractivity contribution in [2.24, 2.45) is 0 Å². The molecule has 158 valence electrons. The van der Waals surface area contributed by atoms with E-state index in [0.29, 0.717) is 11.5 Å². The van der Waals surface area contributed by atoms with E-state index in [1.165, 1.54) is 31.5 Å². The van der Waals surface area contributed by atoms with Gasteiger partial charge in [0.1, 0.15) is 22.8 Å². The molecule has 3 rings (SSSR count). The second-order valence-electron chi connectivity index (χ2n) is 7.55. The molecule has 30 heavy (non-hydrogen) atoms. The second-order valence-corrected chi connectivity index (χ2v) is 9.20. The average molecular weight is 430 g/mol. The van der Waals surface area contributed by atoms with E-state index in [1.54, 1.807) is 56.2 Å². The highest BCUT2D eigenvalue weighted by molar-refractivity contribution is 7.89. The molecule has 1 amide bonds. The number of nitrogens with zero attached hydrogens (tertiary/aromatic N) is 3. The number of imidazole rings is 1. The van der Waals surface area contributed by atoms with Crippen LogP contribution in [0.4, 0.5) is 5.69 Å². The van der Waals surface area contributed by atoms with E-state index < -0.39 is 21.5 Å². The second kappa shape index (κ2) is 8.25. The van der Waals surface area contributed by atoms with E-state index >= 15 is 0 Å². The molecule has 0 unspecified atom stereocenters. The molecule has 0 fully saturated rings. The van der Waals surface area contributed by atoms with Gasteiger partial charge < -0.3 is 10.1 Å². The molecular weight excluding hydrogens is 406 g/mol. The van der Waals surface area contributed by atoms with Crippen molar-refractivity contribution in [2.45, 2.75) is 31.2 Å². The third-order valence-corrected chi connectivity index (χ3v) is 5.71. The van der Waals surface area contributed by atoms with Crippen molar-refractivity contribution in [1.82, 2.24) is 19.3 Å². The Morgan fingerprint density at radius 1 is 1.17 bits per heavy atom. The minimum atomic E-state index is -3.90. The van der Waals surface area contributed by atoms with Gasteiger partial charge in [-0.05, 0) is 51.1 Å². The molecule has 0 atom stereocenters. The summed E-state index contributed by atoms with van der Waals surface area (Å²) in [6.07, 6.45) is 6.52. The summed E-state index contributed by atoms with van der Waals surface area (Å²) in [6.45, 7) is 5.19. The maximum atomic E-state index is 12.8. The predicted octanol–water partition coefficient (Wildman–Crippen LogP) is 2.61. The Hall–Kier alpha value is -3.24. The highest BCUT2D eigenvalue weighted by Gasteiger charge is 2.26. The predicted molar refractivity (Wildman–Crippen MR) is 112 cm³/mol. The molecule has 0 radical (unpaired) electrons. The molecule has 2 N–H and O–H groups in total. The Kier molecular flexibility index (Phi) is 5.90. The lowest BCUT2D eigenvalue weighted by Crippen LogP contribution is -2.40. The first-order valence-corrected chi connectivity index (χ1v) is 10.6. The van der Waals surface area contributed by atoms with E-state index in [2.05, 4.69) is 20.0 Å². The zero-order chi connectivity index (χ0) is 21.9. The monoisotopic (exact) mass is 429 g/mol. The standard InChI is InChI=1S/C20H23N5O4S/c1-20(2,3)24-30(27,28)17-11-14(5-7-16(17)29-4)19(26)23-15-6-8-18(22-12-15)25-10-9-21-13-25/h5-13,24H,1-4H3,(H,23,26). The van der Waals surface area contributed by atoms with Crippen molar-refractivity contribution in [3.05, 3.63) is 60.8 Å². The smallest absolute Gasteiger partial charge is 0.255 e. The van der Waals surface area contributed by atoms with Crippen molar-refractivity contribution in [2.75, 3.05) is 12.4 Å². The van der Waals surface area contributed by atoms with Crippen LogP contribution in [-0.4, -0.2) is 41.5 Å². The lowest BCUT2D eigenvalue weighted by Gasteiger charge is -2.21. The molecule has 3 aromatic rings. The summed E-state index contributed by atoms with van der Waals surface area (Å²) in [5.41, 5.74) is -0.0502. The fraction of sp³-hybridized carbons (Fsp3) is 0.250. The number of pyridine rings is 1. The van der Waals surface area contributed by atoms with Crippen molar-refractivity contribution in [1.29, 1.82) is 0 Å². The summed E-state index contributed by atoms with van der Waals surface area (Å²) in [5.74, 6) is 0.327. The normalized spacial score (nSPS) is 11.9. The van der Waals surface area contributed by atoms with Crippen LogP contribution in [0.1, 0.15) is 31.1 Å². The maximum absolute atomic E-state index is 12.8. The van der Waals surface area contributed by atoms with Gasteiger partial charge in [0.2, 0.25) is 10.0 Å². The van der Waals surface area contributed by atoms with E-state index in [-0.39, 0.29) is 16.2 Å². The number of hydrogen-bond donors (Lipinski definition) is 2. The van der Waals surface area contributed by atoms with E-state index in [9.17, 15) is 13.2 Å². The molecule has 0 bridgehead atoms. The molecule has 0 aliphatic rings. The van der Waals surface area contributed by atoms with Crippen LogP contribution < -0.4 is 14.8 Å². The van der Waals surface area contributed by atoms with Gasteiger partial charge >= 0.3 is 0 Å². The number of carbonyl (C=O) groups is 1. The highest BCUT2D eigenvalue weighted by Crippen LogP contribution is 2.26. The number of anilines is 1. The molecule has 0 aliphatic carbocycles. The lowest BCUT2D eigenvalue weighted by atomic mass is 10.1. The van der Waals surface area contributed by atoms with Crippen molar-refractivity contribution < 1.29 is 17.9 Å². The number of sulfonamides is 1. The Bertz CT molecular complexity index is 1130. The molecule has 0 saturated heterocycles. The fourth-order valence-corrected chi connectivity index (χ4v) is 4.31. The van der Waals surface area contributed by atoms with Gasteiger partial charge in [-0.3, -0.25) is 9.36 Å². The number of methoxy groups -OCH3 is 1. The molecule has 0 spiro atoms. The molecule has 2 heterocycles. The number of amides is 1. The molecule has 2 aromatic heterocycles. The number of hydrogen-bond acceptors (Lipinski definition) is 6. The molecule has 0 saturated carbocycles. The Morgan fingerprint density at radius 2 is 1.93 bits per heavy atom. The topological polar surface area (TPSA) is 115 Å². The summed E-state index contributed by atoms with van der Waals surface area (Å²) in [6, 6.07) is 7.66. The Labute approximate surface area is 175 Å². The van der Waals surface area contributed by atoms with Gasteiger partial charge in [-0.2, -0.15) is 0 Å². The molecule has 0 aliphatic heterocycles. The van der Waals surface area contributed by atoms with Gasteiger partial charge in [0.25, 0.3) is 5.91 Å². The summed E-state index contributed by atoms with van der Waals surface area (Å²) in [5, 5.41) is 2.71. The number of aromatic nitrogens is 3. The van der Waals surface area contributed by atoms with Crippen molar-refractivity contribution in [3.63, 3.8) is 0 Å². The Morgan fingerprint density at radius 3 is 2.50 bits per heavy atom. The third-order valence-electron chi connectivity index (χ3n) is 3.93. The van der Waals surface area contributed by atoms with Crippen LogP contribution in [0.3, 0.4) is 0 Å². The summed E-state index contributed by atoms with van der Waals surface area (Å²) in [4.78, 5) is 20.8. The quantitative estimate of drug-likeness (QED) is 0.622. The van der Waals surface area contributed by atoms with Gasteiger partial charge in [0.05, 0.1) is 19.0 Å². The summed E-state index contributed by atoms with van der Waals surface area (Å²) in [7, 11) is -2.52. The minimum absolute atomic E-state index is 0.110. The van der Waals surface area contributed by atoms with Crippen LogP contribution >= 0.6 is 0 Å². The zero-order valence-corrected chi connectivity index (χ0v) is 17.9. The molecular formula is C20H23N5O4S. The van der Waals surface area contributed by atoms with Gasteiger partial charge in [-0.25, -0.2) is 23.1 Å². The average Bonchev–Trinajstić information content (AvgIpc) is 3.21. The highest BCUT2D eigenvalue weighted by atomic mass is 32.2. The van der Waals surface area contributed by atoms with Gasteiger partial charge in [0.15, 0.2) is 0 Å². The summed E-state index contributed by atoms with van der Waals surface area (Å²) >= 11 is 0. The maximum Gasteiger partial charge on any atom is 0.255 e.